The maximum atomic E-state index is 13.8. The summed E-state index contributed by atoms with van der Waals surface area (Å²) in [6, 6.07) is 12.6. The molecule has 1 unspecified atom stereocenters. The van der Waals surface area contributed by atoms with E-state index in [9.17, 15) is 9.18 Å². The smallest absolute Gasteiger partial charge is 0.228 e. The molecule has 1 heterocycles. The number of aryl methyl sites for hydroxylation is 1. The maximum absolute atomic E-state index is 13.8. The van der Waals surface area contributed by atoms with E-state index < -0.39 is 0 Å². The molecule has 1 aliphatic heterocycles. The molecule has 2 aromatic rings. The zero-order chi connectivity index (χ0) is 17.8. The molecule has 1 N–H and O–H groups in total. The van der Waals surface area contributed by atoms with Crippen LogP contribution in [0.15, 0.2) is 46.9 Å². The first-order chi connectivity index (χ1) is 12.0. The minimum atomic E-state index is -0.181. The molecular weight excluding hydrogens is 383 g/mol. The van der Waals surface area contributed by atoms with E-state index in [0.717, 1.165) is 35.1 Å². The zero-order valence-corrected chi connectivity index (χ0v) is 15.9. The van der Waals surface area contributed by atoms with Crippen molar-refractivity contribution in [1.29, 1.82) is 0 Å². The summed E-state index contributed by atoms with van der Waals surface area (Å²) >= 11 is 3.47. The summed E-state index contributed by atoms with van der Waals surface area (Å²) in [7, 11) is 0. The number of hydrogen-bond donors (Lipinski definition) is 1. The highest BCUT2D eigenvalue weighted by Crippen LogP contribution is 2.23. The van der Waals surface area contributed by atoms with Crippen LogP contribution >= 0.6 is 15.9 Å². The third kappa shape index (κ3) is 4.67. The van der Waals surface area contributed by atoms with Crippen LogP contribution in [-0.4, -0.2) is 23.9 Å². The fourth-order valence-electron chi connectivity index (χ4n) is 3.25. The number of nitrogens with zero attached hydrogens (tertiary/aromatic N) is 1. The summed E-state index contributed by atoms with van der Waals surface area (Å²) in [5.41, 5.74) is 2.59. The van der Waals surface area contributed by atoms with Gasteiger partial charge in [-0.15, -0.1) is 0 Å². The summed E-state index contributed by atoms with van der Waals surface area (Å²) in [6.07, 6.45) is 1.82. The van der Waals surface area contributed by atoms with Crippen molar-refractivity contribution in [2.24, 2.45) is 5.92 Å². The molecule has 25 heavy (non-hydrogen) atoms. The van der Waals surface area contributed by atoms with E-state index in [4.69, 9.17) is 0 Å². The Morgan fingerprint density at radius 2 is 2.12 bits per heavy atom. The minimum absolute atomic E-state index is 0.0416. The van der Waals surface area contributed by atoms with Crippen molar-refractivity contribution in [3.05, 3.63) is 63.9 Å². The third-order valence-corrected chi connectivity index (χ3v) is 5.54. The van der Waals surface area contributed by atoms with E-state index >= 15 is 0 Å². The number of piperidine rings is 1. The second-order valence-corrected chi connectivity index (χ2v) is 7.47. The molecule has 0 spiro atoms. The van der Waals surface area contributed by atoms with Crippen molar-refractivity contribution < 1.29 is 9.18 Å². The first-order valence-corrected chi connectivity index (χ1v) is 9.35. The monoisotopic (exact) mass is 404 g/mol. The van der Waals surface area contributed by atoms with E-state index in [1.807, 2.05) is 37.3 Å². The third-order valence-electron chi connectivity index (χ3n) is 4.65. The molecule has 1 aliphatic rings. The van der Waals surface area contributed by atoms with Crippen LogP contribution in [0.2, 0.25) is 0 Å². The largest absolute Gasteiger partial charge is 0.326 e. The lowest BCUT2D eigenvalue weighted by Crippen LogP contribution is -2.40. The van der Waals surface area contributed by atoms with Crippen LogP contribution in [0.25, 0.3) is 0 Å². The Hall–Kier alpha value is -1.72. The molecule has 5 heteroatoms. The Morgan fingerprint density at radius 1 is 1.32 bits per heavy atom. The summed E-state index contributed by atoms with van der Waals surface area (Å²) in [4.78, 5) is 14.8. The lowest BCUT2D eigenvalue weighted by atomic mass is 9.96. The minimum Gasteiger partial charge on any atom is -0.326 e. The summed E-state index contributed by atoms with van der Waals surface area (Å²) in [5.74, 6) is -0.205. The highest BCUT2D eigenvalue weighted by atomic mass is 79.9. The van der Waals surface area contributed by atoms with Gasteiger partial charge in [-0.1, -0.05) is 34.1 Å². The molecule has 0 aliphatic carbocycles. The van der Waals surface area contributed by atoms with Gasteiger partial charge in [0.25, 0.3) is 0 Å². The van der Waals surface area contributed by atoms with Gasteiger partial charge in [0.1, 0.15) is 5.82 Å². The molecule has 0 radical (unpaired) electrons. The van der Waals surface area contributed by atoms with Gasteiger partial charge in [0, 0.05) is 28.8 Å². The van der Waals surface area contributed by atoms with Crippen LogP contribution < -0.4 is 5.32 Å². The topological polar surface area (TPSA) is 32.3 Å². The summed E-state index contributed by atoms with van der Waals surface area (Å²) < 4.78 is 14.9. The second-order valence-electron chi connectivity index (χ2n) is 6.62. The van der Waals surface area contributed by atoms with Gasteiger partial charge in [-0.2, -0.15) is 0 Å². The van der Waals surface area contributed by atoms with Crippen LogP contribution in [0, 0.1) is 18.7 Å². The number of carbonyl (C=O) groups is 1. The predicted molar refractivity (Wildman–Crippen MR) is 102 cm³/mol. The molecule has 0 bridgehead atoms. The number of hydrogen-bond acceptors (Lipinski definition) is 2. The average molecular weight is 405 g/mol. The fourth-order valence-corrected chi connectivity index (χ4v) is 3.49. The molecule has 0 saturated carbocycles. The molecule has 1 atom stereocenters. The number of amides is 1. The SMILES string of the molecule is Cc1cc(NC(=O)C2CCCN(Cc3ccccc3F)C2)ccc1Br. The van der Waals surface area contributed by atoms with Gasteiger partial charge in [-0.05, 0) is 56.1 Å². The Kier molecular flexibility index (Phi) is 5.86. The van der Waals surface area contributed by atoms with Crippen LogP contribution in [-0.2, 0) is 11.3 Å². The number of anilines is 1. The van der Waals surface area contributed by atoms with Gasteiger partial charge in [0.2, 0.25) is 5.91 Å². The quantitative estimate of drug-likeness (QED) is 0.797. The molecule has 3 rings (SSSR count). The maximum Gasteiger partial charge on any atom is 0.228 e. The predicted octanol–water partition coefficient (Wildman–Crippen LogP) is 4.75. The molecular formula is C20H22BrFN2O. The number of carbonyl (C=O) groups excluding carboxylic acids is 1. The number of rotatable bonds is 4. The van der Waals surface area contributed by atoms with Crippen LogP contribution in [0.3, 0.4) is 0 Å². The summed E-state index contributed by atoms with van der Waals surface area (Å²) in [6.45, 7) is 4.11. The van der Waals surface area contributed by atoms with Crippen molar-refractivity contribution in [2.75, 3.05) is 18.4 Å². The van der Waals surface area contributed by atoms with E-state index in [0.29, 0.717) is 18.7 Å². The van der Waals surface area contributed by atoms with Gasteiger partial charge in [0.15, 0.2) is 0 Å². The second kappa shape index (κ2) is 8.11. The Balaban J connectivity index is 1.61. The van der Waals surface area contributed by atoms with E-state index in [2.05, 4.69) is 26.1 Å². The number of benzene rings is 2. The Morgan fingerprint density at radius 3 is 2.88 bits per heavy atom. The van der Waals surface area contributed by atoms with Crippen molar-refractivity contribution in [2.45, 2.75) is 26.3 Å². The van der Waals surface area contributed by atoms with Gasteiger partial charge >= 0.3 is 0 Å². The van der Waals surface area contributed by atoms with Crippen LogP contribution in [0.5, 0.6) is 0 Å². The van der Waals surface area contributed by atoms with Gasteiger partial charge in [-0.25, -0.2) is 4.39 Å². The lowest BCUT2D eigenvalue weighted by molar-refractivity contribution is -0.121. The van der Waals surface area contributed by atoms with Crippen molar-refractivity contribution >= 4 is 27.5 Å². The number of likely N-dealkylation sites (tertiary alicyclic amines) is 1. The van der Waals surface area contributed by atoms with Crippen molar-refractivity contribution in [1.82, 2.24) is 4.90 Å². The Labute approximate surface area is 156 Å². The van der Waals surface area contributed by atoms with E-state index in [1.165, 1.54) is 6.07 Å². The van der Waals surface area contributed by atoms with Crippen molar-refractivity contribution in [3.8, 4) is 0 Å². The van der Waals surface area contributed by atoms with Crippen molar-refractivity contribution in [3.63, 3.8) is 0 Å². The number of nitrogens with one attached hydrogen (secondary N) is 1. The molecule has 132 valence electrons. The van der Waals surface area contributed by atoms with Gasteiger partial charge in [-0.3, -0.25) is 9.69 Å². The van der Waals surface area contributed by atoms with Crippen LogP contribution in [0.1, 0.15) is 24.0 Å². The zero-order valence-electron chi connectivity index (χ0n) is 14.3. The molecule has 2 aromatic carbocycles. The lowest BCUT2D eigenvalue weighted by Gasteiger charge is -2.32. The van der Waals surface area contributed by atoms with E-state index in [1.54, 1.807) is 6.07 Å². The normalized spacial score (nSPS) is 18.1. The molecule has 1 amide bonds. The van der Waals surface area contributed by atoms with Gasteiger partial charge < -0.3 is 5.32 Å². The van der Waals surface area contributed by atoms with E-state index in [-0.39, 0.29) is 17.6 Å². The first kappa shape index (κ1) is 18.1. The molecule has 3 nitrogen and oxygen atoms in total. The molecule has 1 saturated heterocycles. The van der Waals surface area contributed by atoms with Crippen LogP contribution in [0.4, 0.5) is 10.1 Å². The molecule has 1 fully saturated rings. The fraction of sp³-hybridized carbons (Fsp3) is 0.350. The van der Waals surface area contributed by atoms with Gasteiger partial charge in [0.05, 0.1) is 5.92 Å². The Bertz CT molecular complexity index is 765. The first-order valence-electron chi connectivity index (χ1n) is 8.55. The summed E-state index contributed by atoms with van der Waals surface area (Å²) in [5, 5.41) is 3.01. The highest BCUT2D eigenvalue weighted by Gasteiger charge is 2.26. The average Bonchev–Trinajstić information content (AvgIpc) is 2.60. The highest BCUT2D eigenvalue weighted by molar-refractivity contribution is 9.10. The standard InChI is InChI=1S/C20H22BrFN2O/c1-14-11-17(8-9-18(14)21)23-20(25)16-6-4-10-24(13-16)12-15-5-2-3-7-19(15)22/h2-3,5,7-9,11,16H,4,6,10,12-13H2,1H3,(H,23,25). The number of halogens is 2. The molecule has 0 aromatic heterocycles.